The molecule has 1 saturated carbocycles. The van der Waals surface area contributed by atoms with Gasteiger partial charge in [-0.1, -0.05) is 25.7 Å². The van der Waals surface area contributed by atoms with Gasteiger partial charge in [-0.05, 0) is 38.8 Å². The van der Waals surface area contributed by atoms with Gasteiger partial charge in [0.2, 0.25) is 5.91 Å². The molecular weight excluding hydrogens is 262 g/mol. The van der Waals surface area contributed by atoms with Crippen molar-refractivity contribution in [1.82, 2.24) is 10.2 Å². The molecule has 2 aliphatic rings. The molecule has 1 amide bonds. The van der Waals surface area contributed by atoms with Crippen LogP contribution in [0.4, 0.5) is 0 Å². The number of nitrogens with two attached hydrogens (primary N) is 1. The van der Waals surface area contributed by atoms with E-state index in [1.165, 1.54) is 64.5 Å². The molecule has 0 aromatic carbocycles. The van der Waals surface area contributed by atoms with E-state index in [0.29, 0.717) is 6.42 Å². The van der Waals surface area contributed by atoms with Gasteiger partial charge < -0.3 is 11.1 Å². The van der Waals surface area contributed by atoms with E-state index in [9.17, 15) is 4.79 Å². The molecular formula is C17H29N3O. The minimum absolute atomic E-state index is 0.102. The van der Waals surface area contributed by atoms with E-state index in [0.717, 1.165) is 6.54 Å². The lowest BCUT2D eigenvalue weighted by atomic mass is 9.79. The normalized spacial score (nSPS) is 24.0. The van der Waals surface area contributed by atoms with E-state index < -0.39 is 6.04 Å². The van der Waals surface area contributed by atoms with Gasteiger partial charge in [-0.3, -0.25) is 9.69 Å². The summed E-state index contributed by atoms with van der Waals surface area (Å²) in [5.41, 5.74) is 5.95. The number of rotatable bonds is 5. The predicted octanol–water partition coefficient (Wildman–Crippen LogP) is 1.64. The van der Waals surface area contributed by atoms with Crippen molar-refractivity contribution in [2.45, 2.75) is 69.4 Å². The Balaban J connectivity index is 1.96. The topological polar surface area (TPSA) is 58.4 Å². The van der Waals surface area contributed by atoms with Crippen LogP contribution in [0.5, 0.6) is 0 Å². The van der Waals surface area contributed by atoms with E-state index >= 15 is 0 Å². The zero-order chi connectivity index (χ0) is 15.1. The molecule has 1 atom stereocenters. The lowest BCUT2D eigenvalue weighted by Gasteiger charge is -2.48. The van der Waals surface area contributed by atoms with Gasteiger partial charge in [-0.15, -0.1) is 12.3 Å². The van der Waals surface area contributed by atoms with Gasteiger partial charge in [0.25, 0.3) is 0 Å². The first-order valence-electron chi connectivity index (χ1n) is 8.40. The molecule has 2 rings (SSSR count). The highest BCUT2D eigenvalue weighted by Gasteiger charge is 2.38. The maximum Gasteiger partial charge on any atom is 0.237 e. The van der Waals surface area contributed by atoms with Gasteiger partial charge in [0.05, 0.1) is 6.04 Å². The third-order valence-corrected chi connectivity index (χ3v) is 5.08. The Hall–Kier alpha value is -1.05. The van der Waals surface area contributed by atoms with E-state index in [4.69, 9.17) is 12.2 Å². The van der Waals surface area contributed by atoms with Crippen molar-refractivity contribution in [3.05, 3.63) is 0 Å². The van der Waals surface area contributed by atoms with Gasteiger partial charge in [0.15, 0.2) is 0 Å². The molecule has 21 heavy (non-hydrogen) atoms. The standard InChI is InChI=1S/C17H29N3O/c1-2-9-15(18)16(21)19-14-17(10-5-3-6-11-17)20-12-7-4-8-13-20/h1,15H,3-14,18H2,(H,19,21). The Kier molecular flexibility index (Phi) is 6.08. The first-order chi connectivity index (χ1) is 10.2. The second-order valence-corrected chi connectivity index (χ2v) is 6.57. The molecule has 4 nitrogen and oxygen atoms in total. The third-order valence-electron chi connectivity index (χ3n) is 5.08. The number of piperidine rings is 1. The number of hydrogen-bond donors (Lipinski definition) is 2. The summed E-state index contributed by atoms with van der Waals surface area (Å²) in [4.78, 5) is 14.7. The SMILES string of the molecule is C#CCC(N)C(=O)NCC1(N2CCCCC2)CCCCC1. The molecule has 1 aliphatic heterocycles. The van der Waals surface area contributed by atoms with Gasteiger partial charge >= 0.3 is 0 Å². The Morgan fingerprint density at radius 1 is 1.19 bits per heavy atom. The molecule has 2 fully saturated rings. The summed E-state index contributed by atoms with van der Waals surface area (Å²) in [6.07, 6.45) is 15.7. The third kappa shape index (κ3) is 4.21. The lowest BCUT2D eigenvalue weighted by Crippen LogP contribution is -2.59. The first-order valence-corrected chi connectivity index (χ1v) is 8.40. The molecule has 118 valence electrons. The van der Waals surface area contributed by atoms with Gasteiger partial charge in [0, 0.05) is 18.5 Å². The van der Waals surface area contributed by atoms with Crippen LogP contribution in [-0.4, -0.2) is 42.0 Å². The summed E-state index contributed by atoms with van der Waals surface area (Å²) in [7, 11) is 0. The van der Waals surface area contributed by atoms with Crippen LogP contribution in [0.1, 0.15) is 57.8 Å². The summed E-state index contributed by atoms with van der Waals surface area (Å²) in [6.45, 7) is 3.07. The average Bonchev–Trinajstić information content (AvgIpc) is 2.54. The molecule has 3 N–H and O–H groups in total. The predicted molar refractivity (Wildman–Crippen MR) is 85.7 cm³/mol. The second kappa shape index (κ2) is 7.82. The Morgan fingerprint density at radius 2 is 1.81 bits per heavy atom. The maximum absolute atomic E-state index is 12.1. The van der Waals surface area contributed by atoms with Crippen LogP contribution in [0.2, 0.25) is 0 Å². The van der Waals surface area contributed by atoms with E-state index in [-0.39, 0.29) is 11.4 Å². The molecule has 0 aromatic rings. The van der Waals surface area contributed by atoms with Crippen LogP contribution in [-0.2, 0) is 4.79 Å². The number of carbonyl (C=O) groups excluding carboxylic acids is 1. The molecule has 4 heteroatoms. The fourth-order valence-electron chi connectivity index (χ4n) is 3.79. The van der Waals surface area contributed by atoms with Crippen LogP contribution >= 0.6 is 0 Å². The molecule has 0 radical (unpaired) electrons. The van der Waals surface area contributed by atoms with Crippen LogP contribution in [0.3, 0.4) is 0 Å². The molecule has 1 heterocycles. The Bertz CT molecular complexity index is 376. The van der Waals surface area contributed by atoms with Crippen molar-refractivity contribution in [1.29, 1.82) is 0 Å². The van der Waals surface area contributed by atoms with Crippen LogP contribution in [0.15, 0.2) is 0 Å². The number of carbonyl (C=O) groups is 1. The summed E-state index contributed by atoms with van der Waals surface area (Å²) in [5, 5.41) is 3.07. The molecule has 0 spiro atoms. The number of likely N-dealkylation sites (tertiary alicyclic amines) is 1. The monoisotopic (exact) mass is 291 g/mol. The summed E-state index contributed by atoms with van der Waals surface area (Å²) < 4.78 is 0. The number of nitrogens with one attached hydrogen (secondary N) is 1. The second-order valence-electron chi connectivity index (χ2n) is 6.57. The highest BCUT2D eigenvalue weighted by molar-refractivity contribution is 5.81. The smallest absolute Gasteiger partial charge is 0.237 e. The highest BCUT2D eigenvalue weighted by atomic mass is 16.2. The van der Waals surface area contributed by atoms with Crippen molar-refractivity contribution in [3.8, 4) is 12.3 Å². The molecule has 0 aromatic heterocycles. The summed E-state index contributed by atoms with van der Waals surface area (Å²) >= 11 is 0. The summed E-state index contributed by atoms with van der Waals surface area (Å²) in [5.74, 6) is 2.36. The van der Waals surface area contributed by atoms with E-state index in [2.05, 4.69) is 16.1 Å². The number of terminal acetylenes is 1. The quantitative estimate of drug-likeness (QED) is 0.757. The van der Waals surface area contributed by atoms with Crippen molar-refractivity contribution >= 4 is 5.91 Å². The molecule has 0 bridgehead atoms. The minimum Gasteiger partial charge on any atom is -0.353 e. The number of hydrogen-bond acceptors (Lipinski definition) is 3. The average molecular weight is 291 g/mol. The van der Waals surface area contributed by atoms with Gasteiger partial charge in [-0.25, -0.2) is 0 Å². The number of nitrogens with zero attached hydrogens (tertiary/aromatic N) is 1. The van der Waals surface area contributed by atoms with Crippen LogP contribution in [0, 0.1) is 12.3 Å². The van der Waals surface area contributed by atoms with Gasteiger partial charge in [-0.2, -0.15) is 0 Å². The van der Waals surface area contributed by atoms with Crippen molar-refractivity contribution < 1.29 is 4.79 Å². The van der Waals surface area contributed by atoms with Crippen LogP contribution in [0.25, 0.3) is 0 Å². The molecule has 1 unspecified atom stereocenters. The van der Waals surface area contributed by atoms with Gasteiger partial charge in [0.1, 0.15) is 0 Å². The van der Waals surface area contributed by atoms with E-state index in [1.54, 1.807) is 0 Å². The summed E-state index contributed by atoms with van der Waals surface area (Å²) in [6, 6.07) is -0.572. The van der Waals surface area contributed by atoms with Crippen molar-refractivity contribution in [3.63, 3.8) is 0 Å². The lowest BCUT2D eigenvalue weighted by molar-refractivity contribution is -0.123. The largest absolute Gasteiger partial charge is 0.353 e. The Labute approximate surface area is 128 Å². The van der Waals surface area contributed by atoms with Crippen LogP contribution < -0.4 is 11.1 Å². The fourth-order valence-corrected chi connectivity index (χ4v) is 3.79. The highest BCUT2D eigenvalue weighted by Crippen LogP contribution is 2.35. The number of amides is 1. The zero-order valence-corrected chi connectivity index (χ0v) is 13.1. The minimum atomic E-state index is -0.572. The Morgan fingerprint density at radius 3 is 2.43 bits per heavy atom. The molecule has 1 aliphatic carbocycles. The maximum atomic E-state index is 12.1. The fraction of sp³-hybridized carbons (Fsp3) is 0.824. The molecule has 1 saturated heterocycles. The van der Waals surface area contributed by atoms with E-state index in [1.807, 2.05) is 0 Å². The van der Waals surface area contributed by atoms with Crippen molar-refractivity contribution in [2.24, 2.45) is 5.73 Å². The zero-order valence-electron chi connectivity index (χ0n) is 13.1. The van der Waals surface area contributed by atoms with Crippen molar-refractivity contribution in [2.75, 3.05) is 19.6 Å². The first kappa shape index (κ1) is 16.3.